The van der Waals surface area contributed by atoms with Gasteiger partial charge in [-0.1, -0.05) is 12.0 Å². The fourth-order valence-electron chi connectivity index (χ4n) is 1.57. The number of rotatable bonds is 5. The molecule has 0 saturated heterocycles. The predicted octanol–water partition coefficient (Wildman–Crippen LogP) is 2.04. The van der Waals surface area contributed by atoms with Crippen molar-refractivity contribution in [2.75, 3.05) is 18.1 Å². The van der Waals surface area contributed by atoms with Crippen LogP contribution in [0.4, 0.5) is 0 Å². The molecule has 4 heteroatoms. The molecule has 0 unspecified atom stereocenters. The third-order valence-electron chi connectivity index (χ3n) is 2.75. The van der Waals surface area contributed by atoms with Crippen LogP contribution in [0.25, 0.3) is 0 Å². The van der Waals surface area contributed by atoms with Crippen LogP contribution in [0.15, 0.2) is 12.1 Å². The second-order valence-corrected chi connectivity index (χ2v) is 6.53. The first-order valence-electron chi connectivity index (χ1n) is 5.70. The first-order valence-corrected chi connectivity index (χ1v) is 7.52. The van der Waals surface area contributed by atoms with Gasteiger partial charge < -0.3 is 4.74 Å². The molecule has 0 bridgehead atoms. The molecule has 0 saturated carbocycles. The van der Waals surface area contributed by atoms with Gasteiger partial charge in [0.1, 0.15) is 18.1 Å². The van der Waals surface area contributed by atoms with Gasteiger partial charge in [-0.25, -0.2) is 8.42 Å². The zero-order valence-electron chi connectivity index (χ0n) is 11.0. The maximum atomic E-state index is 11.4. The highest BCUT2D eigenvalue weighted by Crippen LogP contribution is 2.22. The molecule has 0 N–H and O–H groups in total. The van der Waals surface area contributed by atoms with Crippen molar-refractivity contribution in [3.63, 3.8) is 0 Å². The summed E-state index contributed by atoms with van der Waals surface area (Å²) in [5.74, 6) is 2.59. The molecule has 0 atom stereocenters. The van der Waals surface area contributed by atoms with Gasteiger partial charge in [0.05, 0.1) is 5.75 Å². The van der Waals surface area contributed by atoms with Crippen molar-refractivity contribution in [3.05, 3.63) is 28.8 Å². The molecule has 1 rings (SSSR count). The predicted molar refractivity (Wildman–Crippen MR) is 73.6 cm³/mol. The SMILES string of the molecule is C#CCS(=O)(=O)CCOc1cc(C)c(C)cc1C. The van der Waals surface area contributed by atoms with E-state index in [-0.39, 0.29) is 18.1 Å². The van der Waals surface area contributed by atoms with E-state index in [2.05, 4.69) is 5.92 Å². The Morgan fingerprint density at radius 1 is 1.17 bits per heavy atom. The van der Waals surface area contributed by atoms with Crippen molar-refractivity contribution in [3.8, 4) is 18.1 Å². The van der Waals surface area contributed by atoms with Crippen molar-refractivity contribution in [1.82, 2.24) is 0 Å². The first kappa shape index (κ1) is 14.6. The summed E-state index contributed by atoms with van der Waals surface area (Å²) in [6, 6.07) is 3.96. The monoisotopic (exact) mass is 266 g/mol. The van der Waals surface area contributed by atoms with E-state index in [0.717, 1.165) is 16.9 Å². The minimum Gasteiger partial charge on any atom is -0.492 e. The van der Waals surface area contributed by atoms with E-state index in [4.69, 9.17) is 11.2 Å². The van der Waals surface area contributed by atoms with Crippen LogP contribution in [0.1, 0.15) is 16.7 Å². The van der Waals surface area contributed by atoms with Crippen LogP contribution >= 0.6 is 0 Å². The quantitative estimate of drug-likeness (QED) is 0.766. The molecule has 0 aromatic heterocycles. The number of benzene rings is 1. The molecule has 0 spiro atoms. The van der Waals surface area contributed by atoms with Crippen LogP contribution in [0, 0.1) is 33.1 Å². The average Bonchev–Trinajstić information content (AvgIpc) is 2.25. The number of terminal acetylenes is 1. The van der Waals surface area contributed by atoms with Gasteiger partial charge >= 0.3 is 0 Å². The molecule has 0 aliphatic rings. The van der Waals surface area contributed by atoms with Gasteiger partial charge in [0.2, 0.25) is 0 Å². The largest absolute Gasteiger partial charge is 0.492 e. The molecule has 98 valence electrons. The van der Waals surface area contributed by atoms with Gasteiger partial charge in [0.15, 0.2) is 9.84 Å². The van der Waals surface area contributed by atoms with E-state index in [1.54, 1.807) is 0 Å². The summed E-state index contributed by atoms with van der Waals surface area (Å²) in [7, 11) is -3.19. The molecule has 0 aliphatic carbocycles. The summed E-state index contributed by atoms with van der Waals surface area (Å²) >= 11 is 0. The summed E-state index contributed by atoms with van der Waals surface area (Å²) < 4.78 is 28.3. The molecule has 3 nitrogen and oxygen atoms in total. The Labute approximate surface area is 109 Å². The lowest BCUT2D eigenvalue weighted by Crippen LogP contribution is -2.16. The first-order chi connectivity index (χ1) is 8.35. The Hall–Kier alpha value is -1.47. The summed E-state index contributed by atoms with van der Waals surface area (Å²) in [5, 5.41) is 0. The fraction of sp³-hybridized carbons (Fsp3) is 0.429. The van der Waals surface area contributed by atoms with Gasteiger partial charge in [-0.05, 0) is 43.5 Å². The zero-order chi connectivity index (χ0) is 13.8. The highest BCUT2D eigenvalue weighted by atomic mass is 32.2. The number of ether oxygens (including phenoxy) is 1. The van der Waals surface area contributed by atoms with E-state index in [1.807, 2.05) is 32.9 Å². The molecule has 0 radical (unpaired) electrons. The van der Waals surface area contributed by atoms with Crippen molar-refractivity contribution < 1.29 is 13.2 Å². The second-order valence-electron chi connectivity index (χ2n) is 4.35. The molecular formula is C14H18O3S. The molecule has 0 aliphatic heterocycles. The average molecular weight is 266 g/mol. The van der Waals surface area contributed by atoms with Gasteiger partial charge in [0, 0.05) is 0 Å². The normalized spacial score (nSPS) is 11.0. The lowest BCUT2D eigenvalue weighted by Gasteiger charge is -2.11. The Bertz CT molecular complexity index is 565. The van der Waals surface area contributed by atoms with Crippen LogP contribution in [-0.2, 0) is 9.84 Å². The fourth-order valence-corrected chi connectivity index (χ4v) is 2.30. The Kier molecular flexibility index (Phi) is 4.80. The van der Waals surface area contributed by atoms with Crippen molar-refractivity contribution in [2.45, 2.75) is 20.8 Å². The van der Waals surface area contributed by atoms with Crippen LogP contribution in [-0.4, -0.2) is 26.5 Å². The summed E-state index contributed by atoms with van der Waals surface area (Å²) in [4.78, 5) is 0. The van der Waals surface area contributed by atoms with E-state index >= 15 is 0 Å². The Balaban J connectivity index is 2.66. The zero-order valence-corrected chi connectivity index (χ0v) is 11.8. The third-order valence-corrected chi connectivity index (χ3v) is 4.14. The van der Waals surface area contributed by atoms with E-state index in [1.165, 1.54) is 5.56 Å². The number of hydrogen-bond donors (Lipinski definition) is 0. The maximum absolute atomic E-state index is 11.4. The minimum absolute atomic E-state index is 0.0520. The van der Waals surface area contributed by atoms with E-state index in [9.17, 15) is 8.42 Å². The van der Waals surface area contributed by atoms with Crippen molar-refractivity contribution >= 4 is 9.84 Å². The minimum atomic E-state index is -3.19. The van der Waals surface area contributed by atoms with E-state index < -0.39 is 9.84 Å². The number of aryl methyl sites for hydroxylation is 3. The summed E-state index contributed by atoms with van der Waals surface area (Å²) in [5.41, 5.74) is 3.33. The smallest absolute Gasteiger partial charge is 0.164 e. The van der Waals surface area contributed by atoms with Crippen molar-refractivity contribution in [1.29, 1.82) is 0 Å². The summed E-state index contributed by atoms with van der Waals surface area (Å²) in [6.07, 6.45) is 4.99. The van der Waals surface area contributed by atoms with Crippen LogP contribution in [0.5, 0.6) is 5.75 Å². The molecule has 1 aromatic carbocycles. The Morgan fingerprint density at radius 2 is 1.78 bits per heavy atom. The van der Waals surface area contributed by atoms with Crippen LogP contribution in [0.3, 0.4) is 0 Å². The Morgan fingerprint density at radius 3 is 2.39 bits per heavy atom. The molecule has 18 heavy (non-hydrogen) atoms. The molecular weight excluding hydrogens is 248 g/mol. The topological polar surface area (TPSA) is 43.4 Å². The van der Waals surface area contributed by atoms with Crippen LogP contribution < -0.4 is 4.74 Å². The molecule has 0 heterocycles. The van der Waals surface area contributed by atoms with Gasteiger partial charge in [0.25, 0.3) is 0 Å². The maximum Gasteiger partial charge on any atom is 0.164 e. The summed E-state index contributed by atoms with van der Waals surface area (Å²) in [6.45, 7) is 6.10. The molecule has 1 aromatic rings. The third kappa shape index (κ3) is 4.08. The number of hydrogen-bond acceptors (Lipinski definition) is 3. The standard InChI is InChI=1S/C14H18O3S/c1-5-7-18(15,16)8-6-17-14-10-12(3)11(2)9-13(14)4/h1,9-10H,6-8H2,2-4H3. The second kappa shape index (κ2) is 5.92. The highest BCUT2D eigenvalue weighted by molar-refractivity contribution is 7.91. The lowest BCUT2D eigenvalue weighted by atomic mass is 10.1. The van der Waals surface area contributed by atoms with Gasteiger partial charge in [-0.2, -0.15) is 0 Å². The number of sulfone groups is 1. The molecule has 0 fully saturated rings. The van der Waals surface area contributed by atoms with Crippen LogP contribution in [0.2, 0.25) is 0 Å². The van der Waals surface area contributed by atoms with E-state index in [0.29, 0.717) is 0 Å². The van der Waals surface area contributed by atoms with Crippen molar-refractivity contribution in [2.24, 2.45) is 0 Å². The van der Waals surface area contributed by atoms with Gasteiger partial charge in [-0.3, -0.25) is 0 Å². The highest BCUT2D eigenvalue weighted by Gasteiger charge is 2.10. The molecule has 0 amide bonds. The lowest BCUT2D eigenvalue weighted by molar-refractivity contribution is 0.338. The van der Waals surface area contributed by atoms with Gasteiger partial charge in [-0.15, -0.1) is 6.42 Å².